The maximum absolute atomic E-state index is 13.3. The number of halogens is 3. The highest BCUT2D eigenvalue weighted by Gasteiger charge is 2.54. The van der Waals surface area contributed by atoms with Crippen LogP contribution in [0.2, 0.25) is 0 Å². The van der Waals surface area contributed by atoms with Gasteiger partial charge in [0.2, 0.25) is 10.0 Å². The molecule has 3 rings (SSSR count). The number of benzene rings is 1. The second-order valence-electron chi connectivity index (χ2n) is 7.74. The fourth-order valence-electron chi connectivity index (χ4n) is 4.18. The number of ether oxygens (including phenoxy) is 2. The minimum absolute atomic E-state index is 0.142. The average molecular weight is 466 g/mol. The second kappa shape index (κ2) is 9.21. The second-order valence-corrected chi connectivity index (χ2v) is 9.98. The van der Waals surface area contributed by atoms with E-state index >= 15 is 0 Å². The molecule has 1 aromatic carbocycles. The van der Waals surface area contributed by atoms with Crippen LogP contribution in [0.3, 0.4) is 0 Å². The third-order valence-corrected chi connectivity index (χ3v) is 8.40. The Hall–Kier alpha value is -2.05. The van der Waals surface area contributed by atoms with Gasteiger partial charge < -0.3 is 9.47 Å². The SMILES string of the molecule is O=C(NO)C1(S(=O)(=O)N2CCC(Oc3ccc(OC(F)(F)F)cc3)CC2)CCCCC1. The van der Waals surface area contributed by atoms with E-state index in [1.54, 1.807) is 0 Å². The molecule has 0 atom stereocenters. The topological polar surface area (TPSA) is 105 Å². The summed E-state index contributed by atoms with van der Waals surface area (Å²) in [5.41, 5.74) is 1.53. The molecule has 31 heavy (non-hydrogen) atoms. The zero-order valence-corrected chi connectivity index (χ0v) is 17.5. The van der Waals surface area contributed by atoms with Crippen LogP contribution >= 0.6 is 0 Å². The smallest absolute Gasteiger partial charge is 0.490 e. The van der Waals surface area contributed by atoms with Crippen molar-refractivity contribution in [1.82, 2.24) is 9.79 Å². The first-order valence-corrected chi connectivity index (χ1v) is 11.5. The molecule has 2 N–H and O–H groups in total. The molecule has 8 nitrogen and oxygen atoms in total. The molecule has 2 fully saturated rings. The van der Waals surface area contributed by atoms with E-state index in [0.717, 1.165) is 18.6 Å². The van der Waals surface area contributed by atoms with Gasteiger partial charge in [-0.2, -0.15) is 0 Å². The third-order valence-electron chi connectivity index (χ3n) is 5.77. The molecule has 1 aliphatic carbocycles. The fourth-order valence-corrected chi connectivity index (χ4v) is 6.45. The van der Waals surface area contributed by atoms with Crippen LogP contribution in [0.4, 0.5) is 13.2 Å². The molecule has 1 amide bonds. The van der Waals surface area contributed by atoms with Crippen LogP contribution < -0.4 is 15.0 Å². The number of piperidine rings is 1. The van der Waals surface area contributed by atoms with Crippen LogP contribution in [-0.4, -0.2) is 54.1 Å². The molecule has 1 aliphatic heterocycles. The number of hydrogen-bond donors (Lipinski definition) is 2. The number of hydrogen-bond acceptors (Lipinski definition) is 6. The summed E-state index contributed by atoms with van der Waals surface area (Å²) in [4.78, 5) is 12.3. The predicted octanol–water partition coefficient (Wildman–Crippen LogP) is 2.97. The van der Waals surface area contributed by atoms with E-state index in [-0.39, 0.29) is 37.8 Å². The number of nitrogens with one attached hydrogen (secondary N) is 1. The van der Waals surface area contributed by atoms with Crippen LogP contribution in [-0.2, 0) is 14.8 Å². The number of carbonyl (C=O) groups is 1. The van der Waals surface area contributed by atoms with E-state index in [2.05, 4.69) is 4.74 Å². The Kier molecular flexibility index (Phi) is 7.01. The number of hydroxylamine groups is 1. The first-order valence-electron chi connectivity index (χ1n) is 10.0. The molecule has 0 spiro atoms. The van der Waals surface area contributed by atoms with Crippen molar-refractivity contribution in [2.75, 3.05) is 13.1 Å². The number of carbonyl (C=O) groups excluding carboxylic acids is 1. The lowest BCUT2D eigenvalue weighted by Crippen LogP contribution is -2.59. The van der Waals surface area contributed by atoms with E-state index in [1.165, 1.54) is 21.9 Å². The molecule has 1 heterocycles. The van der Waals surface area contributed by atoms with Gasteiger partial charge in [0.05, 0.1) is 0 Å². The highest BCUT2D eigenvalue weighted by atomic mass is 32.2. The predicted molar refractivity (Wildman–Crippen MR) is 103 cm³/mol. The Morgan fingerprint density at radius 1 is 1.06 bits per heavy atom. The van der Waals surface area contributed by atoms with Crippen molar-refractivity contribution in [2.24, 2.45) is 0 Å². The maximum Gasteiger partial charge on any atom is 0.573 e. The Bertz CT molecular complexity index is 862. The average Bonchev–Trinajstić information content (AvgIpc) is 2.74. The molecular formula is C19H25F3N2O6S. The van der Waals surface area contributed by atoms with Crippen molar-refractivity contribution in [3.63, 3.8) is 0 Å². The molecule has 0 aromatic heterocycles. The van der Waals surface area contributed by atoms with Gasteiger partial charge in [-0.3, -0.25) is 10.0 Å². The normalized spacial score (nSPS) is 20.8. The number of rotatable bonds is 6. The Morgan fingerprint density at radius 2 is 1.61 bits per heavy atom. The van der Waals surface area contributed by atoms with Crippen molar-refractivity contribution in [2.45, 2.75) is 62.2 Å². The molecular weight excluding hydrogens is 441 g/mol. The van der Waals surface area contributed by atoms with Gasteiger partial charge in [-0.1, -0.05) is 19.3 Å². The van der Waals surface area contributed by atoms with Gasteiger partial charge >= 0.3 is 6.36 Å². The monoisotopic (exact) mass is 466 g/mol. The Labute approximate surface area is 178 Å². The van der Waals surface area contributed by atoms with Gasteiger partial charge in [-0.25, -0.2) is 18.2 Å². The van der Waals surface area contributed by atoms with Crippen LogP contribution in [0.5, 0.6) is 11.5 Å². The molecule has 2 aliphatic rings. The van der Waals surface area contributed by atoms with Gasteiger partial charge in [-0.15, -0.1) is 13.2 Å². The van der Waals surface area contributed by atoms with E-state index in [0.29, 0.717) is 31.4 Å². The van der Waals surface area contributed by atoms with Crippen LogP contribution in [0.1, 0.15) is 44.9 Å². The molecule has 0 bridgehead atoms. The van der Waals surface area contributed by atoms with Crippen molar-refractivity contribution in [3.05, 3.63) is 24.3 Å². The van der Waals surface area contributed by atoms with Gasteiger partial charge in [0.1, 0.15) is 17.6 Å². The van der Waals surface area contributed by atoms with Crippen molar-refractivity contribution in [3.8, 4) is 11.5 Å². The number of alkyl halides is 3. The Balaban J connectivity index is 1.61. The summed E-state index contributed by atoms with van der Waals surface area (Å²) in [6, 6.07) is 4.99. The molecule has 0 unspecified atom stereocenters. The van der Waals surface area contributed by atoms with E-state index in [1.807, 2.05) is 0 Å². The summed E-state index contributed by atoms with van der Waals surface area (Å²) in [5.74, 6) is -0.910. The summed E-state index contributed by atoms with van der Waals surface area (Å²) in [7, 11) is -3.99. The molecule has 12 heteroatoms. The van der Waals surface area contributed by atoms with Gasteiger partial charge in [0.15, 0.2) is 4.75 Å². The van der Waals surface area contributed by atoms with Crippen molar-refractivity contribution >= 4 is 15.9 Å². The number of amides is 1. The third kappa shape index (κ3) is 5.24. The highest BCUT2D eigenvalue weighted by Crippen LogP contribution is 2.38. The molecule has 0 radical (unpaired) electrons. The molecule has 174 valence electrons. The summed E-state index contributed by atoms with van der Waals surface area (Å²) < 4.78 is 72.5. The van der Waals surface area contributed by atoms with E-state index in [9.17, 15) is 26.4 Å². The van der Waals surface area contributed by atoms with E-state index in [4.69, 9.17) is 9.94 Å². The minimum atomic E-state index is -4.77. The summed E-state index contributed by atoms with van der Waals surface area (Å²) in [5, 5.41) is 9.13. The largest absolute Gasteiger partial charge is 0.573 e. The van der Waals surface area contributed by atoms with Crippen molar-refractivity contribution in [1.29, 1.82) is 0 Å². The first-order chi connectivity index (χ1) is 14.6. The summed E-state index contributed by atoms with van der Waals surface area (Å²) >= 11 is 0. The van der Waals surface area contributed by atoms with Crippen molar-refractivity contribution < 1.29 is 41.1 Å². The zero-order valence-electron chi connectivity index (χ0n) is 16.7. The lowest BCUT2D eigenvalue weighted by Gasteiger charge is -2.40. The summed E-state index contributed by atoms with van der Waals surface area (Å²) in [6.45, 7) is 0.283. The molecule has 1 saturated carbocycles. The zero-order chi connectivity index (χ0) is 22.7. The molecule has 1 aromatic rings. The quantitative estimate of drug-likeness (QED) is 0.493. The lowest BCUT2D eigenvalue weighted by atomic mass is 9.88. The standard InChI is InChI=1S/C19H25F3N2O6S/c20-19(21,22)30-16-6-4-14(5-7-16)29-15-8-12-24(13-9-15)31(27,28)18(17(25)23-26)10-2-1-3-11-18/h4-7,15,26H,1-3,8-13H2,(H,23,25). The van der Waals surface area contributed by atoms with Gasteiger partial charge in [-0.05, 0) is 49.9 Å². The Morgan fingerprint density at radius 3 is 2.13 bits per heavy atom. The van der Waals surface area contributed by atoms with Crippen LogP contribution in [0.15, 0.2) is 24.3 Å². The molecule has 1 saturated heterocycles. The van der Waals surface area contributed by atoms with Gasteiger partial charge in [0, 0.05) is 13.1 Å². The van der Waals surface area contributed by atoms with Gasteiger partial charge in [0.25, 0.3) is 5.91 Å². The number of nitrogens with zero attached hydrogens (tertiary/aromatic N) is 1. The van der Waals surface area contributed by atoms with E-state index < -0.39 is 27.0 Å². The summed E-state index contributed by atoms with van der Waals surface area (Å²) in [6.07, 6.45) is -2.07. The van der Waals surface area contributed by atoms with Crippen LogP contribution in [0, 0.1) is 0 Å². The maximum atomic E-state index is 13.3. The first kappa shape index (κ1) is 23.6. The minimum Gasteiger partial charge on any atom is -0.490 e. The highest BCUT2D eigenvalue weighted by molar-refractivity contribution is 7.91. The van der Waals surface area contributed by atoms with Crippen LogP contribution in [0.25, 0.3) is 0 Å². The number of sulfonamides is 1. The fraction of sp³-hybridized carbons (Fsp3) is 0.632. The lowest BCUT2D eigenvalue weighted by molar-refractivity contribution is -0.274.